The number of aromatic nitrogens is 9. The molecule has 0 saturated carbocycles. The van der Waals surface area contributed by atoms with Crippen LogP contribution in [0.25, 0.3) is 16.9 Å². The van der Waals surface area contributed by atoms with E-state index in [1.165, 1.54) is 17.1 Å². The van der Waals surface area contributed by atoms with Gasteiger partial charge in [-0.1, -0.05) is 13.0 Å². The first-order valence-corrected chi connectivity index (χ1v) is 11.6. The molecule has 1 N–H and O–H groups in total. The summed E-state index contributed by atoms with van der Waals surface area (Å²) < 4.78 is 17.7. The van der Waals surface area contributed by atoms with Crippen molar-refractivity contribution in [3.63, 3.8) is 0 Å². The molecule has 11 nitrogen and oxygen atoms in total. The third-order valence-corrected chi connectivity index (χ3v) is 6.15. The molecule has 0 fully saturated rings. The molecule has 0 spiro atoms. The molecule has 0 aliphatic carbocycles. The first-order valence-electron chi connectivity index (χ1n) is 11.6. The lowest BCUT2D eigenvalue weighted by molar-refractivity contribution is 0.607. The second kappa shape index (κ2) is 9.13. The molecule has 5 aromatic rings. The minimum absolute atomic E-state index is 0.263. The summed E-state index contributed by atoms with van der Waals surface area (Å²) >= 11 is 0. The number of rotatable bonds is 6. The molecule has 0 radical (unpaired) electrons. The third-order valence-electron chi connectivity index (χ3n) is 6.15. The van der Waals surface area contributed by atoms with E-state index in [4.69, 9.17) is 0 Å². The number of hydrogen-bond donors (Lipinski definition) is 1. The van der Waals surface area contributed by atoms with Gasteiger partial charge in [0.05, 0.1) is 23.8 Å². The van der Waals surface area contributed by atoms with Gasteiger partial charge in [0.25, 0.3) is 0 Å². The minimum Gasteiger partial charge on any atom is -0.352 e. The Kier molecular flexibility index (Phi) is 5.52. The number of fused-ring (bicyclic) bond motifs is 1. The van der Waals surface area contributed by atoms with Crippen LogP contribution in [0.2, 0.25) is 0 Å². The van der Waals surface area contributed by atoms with Gasteiger partial charge in [-0.25, -0.2) is 23.9 Å². The van der Waals surface area contributed by atoms with E-state index in [2.05, 4.69) is 58.8 Å². The Balaban J connectivity index is 1.23. The number of nitrogens with zero attached hydrogens (tertiary/aromatic N) is 10. The Labute approximate surface area is 205 Å². The van der Waals surface area contributed by atoms with E-state index in [0.29, 0.717) is 23.6 Å². The smallest absolute Gasteiger partial charge is 0.225 e. The van der Waals surface area contributed by atoms with Crippen LogP contribution in [0.15, 0.2) is 61.5 Å². The highest BCUT2D eigenvalue weighted by atomic mass is 19.1. The summed E-state index contributed by atoms with van der Waals surface area (Å²) in [6.45, 7) is 3.60. The maximum atomic E-state index is 14.7. The van der Waals surface area contributed by atoms with Gasteiger partial charge in [0.15, 0.2) is 11.5 Å². The van der Waals surface area contributed by atoms with E-state index in [1.807, 2.05) is 29.2 Å². The fraction of sp³-hybridized carbons (Fsp3) is 0.208. The van der Waals surface area contributed by atoms with E-state index in [1.54, 1.807) is 18.3 Å². The standard InChI is InChI=1S/C24H22FN11/c1-2-16-12-27-24(28-13-16)34-9-6-17(7-10-34)22-14-26-23-20(5-8-30-36(22)23)31-18-3-4-21(19(25)11-18)35-15-29-32-33-35/h3-6,8,11-15,31H,2,7,9-10H2,1H3. The van der Waals surface area contributed by atoms with Crippen molar-refractivity contribution in [2.75, 3.05) is 23.3 Å². The van der Waals surface area contributed by atoms with E-state index < -0.39 is 5.82 Å². The molecule has 6 rings (SSSR count). The van der Waals surface area contributed by atoms with Crippen molar-refractivity contribution in [3.8, 4) is 5.69 Å². The molecule has 0 bridgehead atoms. The second-order valence-corrected chi connectivity index (χ2v) is 8.34. The maximum Gasteiger partial charge on any atom is 0.225 e. The van der Waals surface area contributed by atoms with Gasteiger partial charge in [-0.05, 0) is 58.7 Å². The molecule has 12 heteroatoms. The van der Waals surface area contributed by atoms with E-state index in [-0.39, 0.29) is 5.69 Å². The molecule has 5 heterocycles. The van der Waals surface area contributed by atoms with Gasteiger partial charge in [-0.2, -0.15) is 9.78 Å². The molecule has 0 atom stereocenters. The molecule has 1 aliphatic heterocycles. The maximum absolute atomic E-state index is 14.7. The Morgan fingerprint density at radius 2 is 1.97 bits per heavy atom. The van der Waals surface area contributed by atoms with Crippen LogP contribution in [0.3, 0.4) is 0 Å². The lowest BCUT2D eigenvalue weighted by Gasteiger charge is -2.26. The number of anilines is 3. The highest BCUT2D eigenvalue weighted by Gasteiger charge is 2.19. The van der Waals surface area contributed by atoms with E-state index >= 15 is 0 Å². The molecule has 180 valence electrons. The Morgan fingerprint density at radius 3 is 2.69 bits per heavy atom. The van der Waals surface area contributed by atoms with Crippen molar-refractivity contribution in [1.82, 2.24) is 44.8 Å². The average Bonchev–Trinajstić information content (AvgIpc) is 3.60. The van der Waals surface area contributed by atoms with E-state index in [0.717, 1.165) is 42.2 Å². The van der Waals surface area contributed by atoms with Gasteiger partial charge in [0.2, 0.25) is 5.95 Å². The van der Waals surface area contributed by atoms with Gasteiger partial charge in [-0.3, -0.25) is 0 Å². The number of hydrogen-bond acceptors (Lipinski definition) is 9. The van der Waals surface area contributed by atoms with Gasteiger partial charge in [0.1, 0.15) is 12.0 Å². The number of tetrazole rings is 1. The number of nitrogens with one attached hydrogen (secondary N) is 1. The lowest BCUT2D eigenvalue weighted by atomic mass is 10.1. The average molecular weight is 484 g/mol. The van der Waals surface area contributed by atoms with Crippen LogP contribution in [0, 0.1) is 5.82 Å². The monoisotopic (exact) mass is 483 g/mol. The van der Waals surface area contributed by atoms with Crippen molar-refractivity contribution in [3.05, 3.63) is 78.5 Å². The molecular weight excluding hydrogens is 461 g/mol. The Morgan fingerprint density at radius 1 is 1.08 bits per heavy atom. The van der Waals surface area contributed by atoms with Crippen LogP contribution >= 0.6 is 0 Å². The summed E-state index contributed by atoms with van der Waals surface area (Å²) in [5.41, 5.74) is 5.41. The third kappa shape index (κ3) is 4.02. The van der Waals surface area contributed by atoms with Gasteiger partial charge in [-0.15, -0.1) is 5.10 Å². The largest absolute Gasteiger partial charge is 0.352 e. The molecule has 4 aromatic heterocycles. The number of aryl methyl sites for hydroxylation is 1. The van der Waals surface area contributed by atoms with Crippen LogP contribution in [-0.2, 0) is 6.42 Å². The highest BCUT2D eigenvalue weighted by molar-refractivity contribution is 5.76. The van der Waals surface area contributed by atoms with Gasteiger partial charge < -0.3 is 10.2 Å². The predicted molar refractivity (Wildman–Crippen MR) is 132 cm³/mol. The van der Waals surface area contributed by atoms with Crippen molar-refractivity contribution in [2.45, 2.75) is 19.8 Å². The zero-order chi connectivity index (χ0) is 24.5. The van der Waals surface area contributed by atoms with Gasteiger partial charge >= 0.3 is 0 Å². The normalized spacial score (nSPS) is 13.7. The zero-order valence-electron chi connectivity index (χ0n) is 19.5. The SMILES string of the molecule is CCc1cnc(N2CC=C(c3cnc4c(Nc5ccc(-n6cnnn6)c(F)c5)ccnn34)CC2)nc1. The summed E-state index contributed by atoms with van der Waals surface area (Å²) in [7, 11) is 0. The lowest BCUT2D eigenvalue weighted by Crippen LogP contribution is -2.30. The Hall–Kier alpha value is -4.74. The van der Waals surface area contributed by atoms with Gasteiger partial charge in [0, 0.05) is 31.2 Å². The molecule has 0 amide bonds. The molecule has 1 aromatic carbocycles. The quantitative estimate of drug-likeness (QED) is 0.389. The van der Waals surface area contributed by atoms with Crippen molar-refractivity contribution >= 4 is 28.5 Å². The summed E-state index contributed by atoms with van der Waals surface area (Å²) in [6.07, 6.45) is 12.5. The van der Waals surface area contributed by atoms with Crippen LogP contribution in [-0.4, -0.2) is 57.9 Å². The molecule has 36 heavy (non-hydrogen) atoms. The topological polar surface area (TPSA) is 115 Å². The van der Waals surface area contributed by atoms with Crippen LogP contribution in [0.4, 0.5) is 21.7 Å². The highest BCUT2D eigenvalue weighted by Crippen LogP contribution is 2.28. The van der Waals surface area contributed by atoms with Crippen molar-refractivity contribution in [2.24, 2.45) is 0 Å². The fourth-order valence-electron chi connectivity index (χ4n) is 4.19. The van der Waals surface area contributed by atoms with Crippen LogP contribution in [0.5, 0.6) is 0 Å². The molecule has 1 aliphatic rings. The van der Waals surface area contributed by atoms with Crippen LogP contribution in [0.1, 0.15) is 24.6 Å². The summed E-state index contributed by atoms with van der Waals surface area (Å²) in [4.78, 5) is 15.8. The Bertz CT molecular complexity index is 1540. The first-order chi connectivity index (χ1) is 17.7. The number of benzene rings is 1. The second-order valence-electron chi connectivity index (χ2n) is 8.34. The zero-order valence-corrected chi connectivity index (χ0v) is 19.5. The van der Waals surface area contributed by atoms with Crippen LogP contribution < -0.4 is 10.2 Å². The molecule has 0 unspecified atom stereocenters. The minimum atomic E-state index is -0.452. The van der Waals surface area contributed by atoms with Crippen molar-refractivity contribution in [1.29, 1.82) is 0 Å². The first kappa shape index (κ1) is 21.8. The summed E-state index contributed by atoms with van der Waals surface area (Å²) in [6, 6.07) is 6.58. The number of imidazole rings is 1. The molecular formula is C24H22FN11. The predicted octanol–water partition coefficient (Wildman–Crippen LogP) is 3.23. The van der Waals surface area contributed by atoms with E-state index in [9.17, 15) is 4.39 Å². The number of halogens is 1. The fourth-order valence-corrected chi connectivity index (χ4v) is 4.19. The summed E-state index contributed by atoms with van der Waals surface area (Å²) in [5.74, 6) is 0.287. The molecule has 0 saturated heterocycles. The summed E-state index contributed by atoms with van der Waals surface area (Å²) in [5, 5.41) is 18.6. The van der Waals surface area contributed by atoms with Crippen molar-refractivity contribution < 1.29 is 4.39 Å².